The quantitative estimate of drug-likeness (QED) is 0.261. The summed E-state index contributed by atoms with van der Waals surface area (Å²) < 4.78 is 33.6. The minimum atomic E-state index is -3.99. The Morgan fingerprint density at radius 1 is 1.27 bits per heavy atom. The number of nitrogens with one attached hydrogen (secondary N) is 1. The highest BCUT2D eigenvalue weighted by Gasteiger charge is 2.25. The number of benzene rings is 1. The van der Waals surface area contributed by atoms with Crippen molar-refractivity contribution < 1.29 is 27.5 Å². The molecule has 0 spiro atoms. The number of methoxy groups -OCH3 is 1. The van der Waals surface area contributed by atoms with Crippen molar-refractivity contribution in [2.24, 2.45) is 5.92 Å². The molecule has 2 aromatic rings. The van der Waals surface area contributed by atoms with Gasteiger partial charge in [-0.2, -0.15) is 4.73 Å². The van der Waals surface area contributed by atoms with Crippen LogP contribution in [0.5, 0.6) is 0 Å². The van der Waals surface area contributed by atoms with Gasteiger partial charge >= 0.3 is 5.97 Å². The molecule has 1 aromatic heterocycles. The Morgan fingerprint density at radius 2 is 2.03 bits per heavy atom. The zero-order valence-corrected chi connectivity index (χ0v) is 19.7. The minimum Gasteiger partial charge on any atom is -0.618 e. The highest BCUT2D eigenvalue weighted by atomic mass is 35.5. The van der Waals surface area contributed by atoms with Crippen LogP contribution in [0, 0.1) is 18.0 Å². The molecule has 8 nitrogen and oxygen atoms in total. The molecule has 0 fully saturated rings. The third-order valence-corrected chi connectivity index (χ3v) is 6.98. The molecule has 3 rings (SSSR count). The van der Waals surface area contributed by atoms with Gasteiger partial charge in [0.25, 0.3) is 10.0 Å². The van der Waals surface area contributed by atoms with Gasteiger partial charge in [-0.05, 0) is 49.1 Å². The van der Waals surface area contributed by atoms with Crippen LogP contribution in [-0.2, 0) is 19.6 Å². The fraction of sp³-hybridized carbons (Fsp3) is 0.261. The molecule has 33 heavy (non-hydrogen) atoms. The Balaban J connectivity index is 1.83. The Bertz CT molecular complexity index is 1250. The molecule has 1 unspecified atom stereocenters. The van der Waals surface area contributed by atoms with E-state index in [0.717, 1.165) is 0 Å². The first kappa shape index (κ1) is 24.5. The van der Waals surface area contributed by atoms with Crippen molar-refractivity contribution in [1.82, 2.24) is 0 Å². The van der Waals surface area contributed by atoms with Crippen molar-refractivity contribution in [3.63, 3.8) is 0 Å². The van der Waals surface area contributed by atoms with Crippen molar-refractivity contribution in [3.8, 4) is 0 Å². The van der Waals surface area contributed by atoms with Gasteiger partial charge in [-0.25, -0.2) is 8.42 Å². The predicted molar refractivity (Wildman–Crippen MR) is 124 cm³/mol. The van der Waals surface area contributed by atoms with Crippen LogP contribution >= 0.6 is 11.6 Å². The van der Waals surface area contributed by atoms with Crippen LogP contribution in [0.15, 0.2) is 59.7 Å². The smallest absolute Gasteiger partial charge is 0.305 e. The van der Waals surface area contributed by atoms with E-state index in [1.807, 2.05) is 0 Å². The molecular weight excluding hydrogens is 468 g/mol. The molecule has 1 N–H and O–H groups in total. The van der Waals surface area contributed by atoms with Gasteiger partial charge in [-0.1, -0.05) is 23.8 Å². The summed E-state index contributed by atoms with van der Waals surface area (Å²) in [6.45, 7) is 1.50. The Labute approximate surface area is 197 Å². The summed E-state index contributed by atoms with van der Waals surface area (Å²) >= 11 is 6.07. The van der Waals surface area contributed by atoms with Gasteiger partial charge in [0, 0.05) is 30.0 Å². The number of aromatic nitrogens is 1. The van der Waals surface area contributed by atoms with Crippen molar-refractivity contribution in [2.75, 3.05) is 11.8 Å². The third-order valence-electron chi connectivity index (χ3n) is 5.33. The fourth-order valence-electron chi connectivity index (χ4n) is 3.41. The summed E-state index contributed by atoms with van der Waals surface area (Å²) in [4.78, 5) is 24.5. The lowest BCUT2D eigenvalue weighted by Crippen LogP contribution is -2.31. The van der Waals surface area contributed by atoms with Gasteiger partial charge in [0.15, 0.2) is 6.20 Å². The zero-order valence-electron chi connectivity index (χ0n) is 18.1. The first-order valence-corrected chi connectivity index (χ1v) is 12.0. The highest BCUT2D eigenvalue weighted by Crippen LogP contribution is 2.29. The maximum Gasteiger partial charge on any atom is 0.305 e. The molecule has 1 heterocycles. The standard InChI is InChI=1S/C23H23ClN2O6S/c1-15-19(4-3-13-26(15)29)23(28)20-14-17(24)8-11-21(20)25-33(30,31)18-9-5-16(6-10-18)7-12-22(27)32-2/h3-5,8-11,13-14,16,25H,6-7,12H2,1-2H3. The van der Waals surface area contributed by atoms with E-state index in [0.29, 0.717) is 17.6 Å². The van der Waals surface area contributed by atoms with Crippen molar-refractivity contribution in [1.29, 1.82) is 0 Å². The lowest BCUT2D eigenvalue weighted by atomic mass is 9.96. The van der Waals surface area contributed by atoms with Gasteiger partial charge < -0.3 is 9.94 Å². The second-order valence-corrected chi connectivity index (χ2v) is 9.65. The molecule has 1 atom stereocenters. The minimum absolute atomic E-state index is 0.0237. The number of halogens is 1. The average Bonchev–Trinajstić information content (AvgIpc) is 2.80. The molecule has 0 saturated carbocycles. The average molecular weight is 491 g/mol. The number of anilines is 1. The van der Waals surface area contributed by atoms with Gasteiger partial charge in [0.05, 0.1) is 23.3 Å². The fourth-order valence-corrected chi connectivity index (χ4v) is 4.75. The maximum absolute atomic E-state index is 13.1. The van der Waals surface area contributed by atoms with Gasteiger partial charge in [-0.15, -0.1) is 0 Å². The first-order valence-electron chi connectivity index (χ1n) is 10.1. The molecular formula is C23H23ClN2O6S. The number of carbonyl (C=O) groups excluding carboxylic acids is 2. The van der Waals surface area contributed by atoms with Crippen LogP contribution in [0.1, 0.15) is 40.9 Å². The van der Waals surface area contributed by atoms with Crippen LogP contribution in [0.3, 0.4) is 0 Å². The SMILES string of the molecule is COC(=O)CCC1C=CC(S(=O)(=O)Nc2ccc(Cl)cc2C(=O)c2ccc[n+]([O-])c2C)=CC1. The van der Waals surface area contributed by atoms with Gasteiger partial charge in [0.2, 0.25) is 11.5 Å². The molecule has 1 aliphatic carbocycles. The lowest BCUT2D eigenvalue weighted by Gasteiger charge is -2.18. The van der Waals surface area contributed by atoms with E-state index in [9.17, 15) is 23.2 Å². The normalized spacial score (nSPS) is 15.6. The van der Waals surface area contributed by atoms with E-state index in [-0.39, 0.29) is 50.7 Å². The van der Waals surface area contributed by atoms with Crippen molar-refractivity contribution in [2.45, 2.75) is 26.2 Å². The zero-order chi connectivity index (χ0) is 24.2. The Hall–Kier alpha value is -3.17. The number of sulfonamides is 1. The molecule has 1 aromatic carbocycles. The van der Waals surface area contributed by atoms with E-state index in [1.54, 1.807) is 12.2 Å². The monoisotopic (exact) mass is 490 g/mol. The largest absolute Gasteiger partial charge is 0.618 e. The van der Waals surface area contributed by atoms with E-state index in [1.165, 1.54) is 56.6 Å². The maximum atomic E-state index is 13.1. The number of ether oxygens (including phenoxy) is 1. The molecule has 174 valence electrons. The predicted octanol–water partition coefficient (Wildman–Crippen LogP) is 3.67. The molecule has 0 amide bonds. The van der Waals surface area contributed by atoms with Crippen LogP contribution < -0.4 is 9.45 Å². The number of carbonyl (C=O) groups is 2. The third kappa shape index (κ3) is 5.80. The second-order valence-electron chi connectivity index (χ2n) is 7.53. The highest BCUT2D eigenvalue weighted by molar-refractivity contribution is 7.96. The van der Waals surface area contributed by atoms with Crippen LogP contribution in [0.2, 0.25) is 5.02 Å². The Kier molecular flexibility index (Phi) is 7.55. The summed E-state index contributed by atoms with van der Waals surface area (Å²) in [5, 5.41) is 12.1. The van der Waals surface area contributed by atoms with Crippen LogP contribution in [0.25, 0.3) is 0 Å². The second kappa shape index (κ2) is 10.2. The summed E-state index contributed by atoms with van der Waals surface area (Å²) in [6, 6.07) is 7.16. The van der Waals surface area contributed by atoms with E-state index in [4.69, 9.17) is 11.6 Å². The molecule has 0 aliphatic heterocycles. The number of allylic oxidation sites excluding steroid dienone is 3. The molecule has 0 radical (unpaired) electrons. The topological polar surface area (TPSA) is 116 Å². The van der Waals surface area contributed by atoms with E-state index >= 15 is 0 Å². The number of hydrogen-bond donors (Lipinski definition) is 1. The van der Waals surface area contributed by atoms with E-state index < -0.39 is 15.8 Å². The number of hydrogen-bond acceptors (Lipinski definition) is 6. The van der Waals surface area contributed by atoms with Crippen LogP contribution in [0.4, 0.5) is 5.69 Å². The molecule has 0 saturated heterocycles. The number of rotatable bonds is 8. The summed E-state index contributed by atoms with van der Waals surface area (Å²) in [5.74, 6) is -0.826. The van der Waals surface area contributed by atoms with Crippen molar-refractivity contribution in [3.05, 3.63) is 86.7 Å². The van der Waals surface area contributed by atoms with Gasteiger partial charge in [-0.3, -0.25) is 14.3 Å². The molecule has 1 aliphatic rings. The first-order chi connectivity index (χ1) is 15.6. The Morgan fingerprint density at radius 3 is 2.70 bits per heavy atom. The summed E-state index contributed by atoms with van der Waals surface area (Å²) in [6.07, 6.45) is 7.31. The van der Waals surface area contributed by atoms with E-state index in [2.05, 4.69) is 9.46 Å². The molecule has 10 heteroatoms. The lowest BCUT2D eigenvalue weighted by molar-refractivity contribution is -0.612. The van der Waals surface area contributed by atoms with Gasteiger partial charge in [0.1, 0.15) is 0 Å². The summed E-state index contributed by atoms with van der Waals surface area (Å²) in [5.41, 5.74) is 0.400. The number of nitrogens with zero attached hydrogens (tertiary/aromatic N) is 1. The molecule has 0 bridgehead atoms. The summed E-state index contributed by atoms with van der Waals surface area (Å²) in [7, 11) is -2.67. The number of pyridine rings is 1. The number of esters is 1. The van der Waals surface area contributed by atoms with Crippen LogP contribution in [-0.4, -0.2) is 27.3 Å². The number of ketones is 1. The van der Waals surface area contributed by atoms with Crippen molar-refractivity contribution >= 4 is 39.1 Å².